The quantitative estimate of drug-likeness (QED) is 0.243. The van der Waals surface area contributed by atoms with Gasteiger partial charge in [-0.2, -0.15) is 0 Å². The normalized spacial score (nSPS) is 12.6. The van der Waals surface area contributed by atoms with Crippen LogP contribution in [0, 0.1) is 0 Å². The van der Waals surface area contributed by atoms with Gasteiger partial charge in [-0.3, -0.25) is 9.59 Å². The summed E-state index contributed by atoms with van der Waals surface area (Å²) in [4.78, 5) is 28.9. The summed E-state index contributed by atoms with van der Waals surface area (Å²) in [6, 6.07) is 21.8. The number of hydrogen-bond donors (Lipinski definition) is 1. The number of hydrogen-bond acceptors (Lipinski definition) is 3. The van der Waals surface area contributed by atoms with E-state index in [1.807, 2.05) is 68.4 Å². The van der Waals surface area contributed by atoms with Gasteiger partial charge in [0, 0.05) is 39.8 Å². The summed E-state index contributed by atoms with van der Waals surface area (Å²) in [5.74, 6) is 0.513. The van der Waals surface area contributed by atoms with Crippen LogP contribution in [0.2, 0.25) is 15.1 Å². The molecule has 0 aliphatic carbocycles. The van der Waals surface area contributed by atoms with E-state index in [4.69, 9.17) is 34.8 Å². The standard InChI is InChI=1S/C29H31Cl3N2O2S/c1-3-20(2)33-29(36)27(15-21-8-5-4-6-9-21)34(17-23-12-13-25(31)16-26(23)32)28(35)19-37-18-22-10-7-11-24(30)14-22/h4-14,16,20,27H,3,15,17-19H2,1-2H3,(H,33,36). The van der Waals surface area contributed by atoms with Crippen molar-refractivity contribution in [3.05, 3.63) is 105 Å². The van der Waals surface area contributed by atoms with Crippen molar-refractivity contribution in [2.24, 2.45) is 0 Å². The van der Waals surface area contributed by atoms with Gasteiger partial charge in [-0.15, -0.1) is 11.8 Å². The molecule has 3 aromatic rings. The number of rotatable bonds is 12. The van der Waals surface area contributed by atoms with Crippen molar-refractivity contribution in [2.45, 2.75) is 51.1 Å². The van der Waals surface area contributed by atoms with Gasteiger partial charge < -0.3 is 10.2 Å². The SMILES string of the molecule is CCC(C)NC(=O)C(Cc1ccccc1)N(Cc1ccc(Cl)cc1Cl)C(=O)CSCc1cccc(Cl)c1. The van der Waals surface area contributed by atoms with Crippen molar-refractivity contribution in [3.8, 4) is 0 Å². The van der Waals surface area contributed by atoms with E-state index in [0.29, 0.717) is 27.2 Å². The minimum absolute atomic E-state index is 0.0148. The lowest BCUT2D eigenvalue weighted by Crippen LogP contribution is -2.52. The van der Waals surface area contributed by atoms with Crippen molar-refractivity contribution in [3.63, 3.8) is 0 Å². The first-order valence-electron chi connectivity index (χ1n) is 12.2. The van der Waals surface area contributed by atoms with E-state index >= 15 is 0 Å². The van der Waals surface area contributed by atoms with Gasteiger partial charge in [0.05, 0.1) is 5.75 Å². The molecule has 0 bridgehead atoms. The van der Waals surface area contributed by atoms with Crippen LogP contribution < -0.4 is 5.32 Å². The highest BCUT2D eigenvalue weighted by atomic mass is 35.5. The Morgan fingerprint density at radius 3 is 2.30 bits per heavy atom. The molecule has 0 radical (unpaired) electrons. The number of amides is 2. The second-order valence-electron chi connectivity index (χ2n) is 8.90. The molecule has 0 aromatic heterocycles. The highest BCUT2D eigenvalue weighted by Gasteiger charge is 2.31. The zero-order chi connectivity index (χ0) is 26.8. The van der Waals surface area contributed by atoms with Gasteiger partial charge in [0.15, 0.2) is 0 Å². The summed E-state index contributed by atoms with van der Waals surface area (Å²) < 4.78 is 0. The lowest BCUT2D eigenvalue weighted by atomic mass is 10.0. The average molecular weight is 578 g/mol. The summed E-state index contributed by atoms with van der Waals surface area (Å²) in [7, 11) is 0. The first-order valence-corrected chi connectivity index (χ1v) is 14.5. The Hall–Kier alpha value is -2.18. The topological polar surface area (TPSA) is 49.4 Å². The van der Waals surface area contributed by atoms with Crippen molar-refractivity contribution in [1.82, 2.24) is 10.2 Å². The monoisotopic (exact) mass is 576 g/mol. The Kier molecular flexibility index (Phi) is 11.7. The smallest absolute Gasteiger partial charge is 0.243 e. The fourth-order valence-electron chi connectivity index (χ4n) is 3.79. The fraction of sp³-hybridized carbons (Fsp3) is 0.310. The molecule has 2 unspecified atom stereocenters. The predicted octanol–water partition coefficient (Wildman–Crippen LogP) is 7.43. The molecule has 0 aliphatic heterocycles. The number of nitrogens with zero attached hydrogens (tertiary/aromatic N) is 1. The van der Waals surface area contributed by atoms with Gasteiger partial charge in [0.25, 0.3) is 0 Å². The van der Waals surface area contributed by atoms with Crippen molar-refractivity contribution < 1.29 is 9.59 Å². The maximum absolute atomic E-state index is 13.7. The zero-order valence-electron chi connectivity index (χ0n) is 20.9. The van der Waals surface area contributed by atoms with Crippen molar-refractivity contribution >= 4 is 58.4 Å². The predicted molar refractivity (Wildman–Crippen MR) is 156 cm³/mol. The Bertz CT molecular complexity index is 1190. The molecule has 0 spiro atoms. The first-order chi connectivity index (χ1) is 17.8. The summed E-state index contributed by atoms with van der Waals surface area (Å²) in [5.41, 5.74) is 2.74. The van der Waals surface area contributed by atoms with Gasteiger partial charge in [-0.05, 0) is 54.3 Å². The Morgan fingerprint density at radius 1 is 0.919 bits per heavy atom. The zero-order valence-corrected chi connectivity index (χ0v) is 24.0. The van der Waals surface area contributed by atoms with E-state index in [0.717, 1.165) is 23.1 Å². The van der Waals surface area contributed by atoms with Gasteiger partial charge in [-0.1, -0.05) is 90.3 Å². The molecular formula is C29H31Cl3N2O2S. The lowest BCUT2D eigenvalue weighted by Gasteiger charge is -2.32. The third-order valence-electron chi connectivity index (χ3n) is 6.01. The van der Waals surface area contributed by atoms with E-state index in [9.17, 15) is 9.59 Å². The van der Waals surface area contributed by atoms with Crippen LogP contribution >= 0.6 is 46.6 Å². The Balaban J connectivity index is 1.89. The van der Waals surface area contributed by atoms with Crippen LogP contribution in [-0.2, 0) is 28.3 Å². The molecule has 8 heteroatoms. The molecule has 37 heavy (non-hydrogen) atoms. The van der Waals surface area contributed by atoms with E-state index in [-0.39, 0.29) is 30.2 Å². The molecule has 3 aromatic carbocycles. The van der Waals surface area contributed by atoms with Gasteiger partial charge in [-0.25, -0.2) is 0 Å². The Morgan fingerprint density at radius 2 is 1.62 bits per heavy atom. The molecule has 3 rings (SSSR count). The third-order valence-corrected chi connectivity index (χ3v) is 7.82. The third kappa shape index (κ3) is 9.26. The van der Waals surface area contributed by atoms with Crippen molar-refractivity contribution in [2.75, 3.05) is 5.75 Å². The van der Waals surface area contributed by atoms with Gasteiger partial charge in [0.1, 0.15) is 6.04 Å². The molecule has 2 atom stereocenters. The van der Waals surface area contributed by atoms with Crippen LogP contribution in [0.15, 0.2) is 72.8 Å². The number of thioether (sulfide) groups is 1. The lowest BCUT2D eigenvalue weighted by molar-refractivity contribution is -0.139. The van der Waals surface area contributed by atoms with Crippen molar-refractivity contribution in [1.29, 1.82) is 0 Å². The second-order valence-corrected chi connectivity index (χ2v) is 11.2. The molecule has 0 fully saturated rings. The molecular weight excluding hydrogens is 547 g/mol. The van der Waals surface area contributed by atoms with E-state index in [1.54, 1.807) is 23.1 Å². The minimum atomic E-state index is -0.706. The molecule has 4 nitrogen and oxygen atoms in total. The van der Waals surface area contributed by atoms with Gasteiger partial charge in [0.2, 0.25) is 11.8 Å². The molecule has 0 heterocycles. The number of nitrogens with one attached hydrogen (secondary N) is 1. The van der Waals surface area contributed by atoms with Crippen LogP contribution in [0.25, 0.3) is 0 Å². The van der Waals surface area contributed by atoms with E-state index < -0.39 is 6.04 Å². The average Bonchev–Trinajstić information content (AvgIpc) is 2.87. The summed E-state index contributed by atoms with van der Waals surface area (Å²) in [6.45, 7) is 4.17. The summed E-state index contributed by atoms with van der Waals surface area (Å²) >= 11 is 20.2. The number of carbonyl (C=O) groups excluding carboxylic acids is 2. The number of halogens is 3. The maximum Gasteiger partial charge on any atom is 0.243 e. The van der Waals surface area contributed by atoms with E-state index in [1.165, 1.54) is 11.8 Å². The fourth-order valence-corrected chi connectivity index (χ4v) is 5.33. The first kappa shape index (κ1) is 29.4. The van der Waals surface area contributed by atoms with Crippen LogP contribution in [0.1, 0.15) is 37.0 Å². The maximum atomic E-state index is 13.7. The van der Waals surface area contributed by atoms with Gasteiger partial charge >= 0.3 is 0 Å². The highest BCUT2D eigenvalue weighted by Crippen LogP contribution is 2.25. The number of benzene rings is 3. The molecule has 2 amide bonds. The van der Waals surface area contributed by atoms with Crippen LogP contribution in [-0.4, -0.2) is 34.6 Å². The molecule has 0 saturated carbocycles. The van der Waals surface area contributed by atoms with Crippen LogP contribution in [0.4, 0.5) is 0 Å². The van der Waals surface area contributed by atoms with Crippen LogP contribution in [0.5, 0.6) is 0 Å². The minimum Gasteiger partial charge on any atom is -0.352 e. The summed E-state index contributed by atoms with van der Waals surface area (Å²) in [6.07, 6.45) is 1.18. The molecule has 196 valence electrons. The highest BCUT2D eigenvalue weighted by molar-refractivity contribution is 7.99. The molecule has 0 aliphatic rings. The molecule has 1 N–H and O–H groups in total. The molecule has 0 saturated heterocycles. The largest absolute Gasteiger partial charge is 0.352 e. The summed E-state index contributed by atoms with van der Waals surface area (Å²) in [5, 5.41) is 4.70. The number of carbonyl (C=O) groups is 2. The van der Waals surface area contributed by atoms with Crippen LogP contribution in [0.3, 0.4) is 0 Å². The second kappa shape index (κ2) is 14.7. The Labute approximate surface area is 238 Å². The van der Waals surface area contributed by atoms with E-state index in [2.05, 4.69) is 5.32 Å².